The summed E-state index contributed by atoms with van der Waals surface area (Å²) in [4.78, 5) is 25.1. The Morgan fingerprint density at radius 1 is 1.39 bits per heavy atom. The number of hydrogen-bond acceptors (Lipinski definition) is 4. The van der Waals surface area contributed by atoms with E-state index in [1.54, 1.807) is 0 Å². The number of nitrogens with one attached hydrogen (secondary N) is 3. The van der Waals surface area contributed by atoms with Gasteiger partial charge in [-0.3, -0.25) is 19.7 Å². The largest absolute Gasteiger partial charge is 0.494 e. The second-order valence-electron chi connectivity index (χ2n) is 3.89. The monoisotopic (exact) mass is 248 g/mol. The van der Waals surface area contributed by atoms with E-state index in [-0.39, 0.29) is 11.4 Å². The fourth-order valence-corrected chi connectivity index (χ4v) is 1.45. The highest BCUT2D eigenvalue weighted by molar-refractivity contribution is 6.04. The van der Waals surface area contributed by atoms with Crippen LogP contribution in [0.5, 0.6) is 5.88 Å². The molecule has 0 bridgehead atoms. The number of carbonyl (C=O) groups excluding carboxylic acids is 1. The SMILES string of the molecule is Cc1[nH]nc(NC(=O)c2cc(O)[nH]c(=O)c2)c1C. The summed E-state index contributed by atoms with van der Waals surface area (Å²) in [5, 5.41) is 18.4. The van der Waals surface area contributed by atoms with Crippen LogP contribution in [-0.4, -0.2) is 26.2 Å². The molecule has 0 unspecified atom stereocenters. The van der Waals surface area contributed by atoms with E-state index in [9.17, 15) is 14.7 Å². The van der Waals surface area contributed by atoms with Gasteiger partial charge in [0.25, 0.3) is 11.5 Å². The highest BCUT2D eigenvalue weighted by Gasteiger charge is 2.12. The van der Waals surface area contributed by atoms with Crippen molar-refractivity contribution in [1.29, 1.82) is 0 Å². The molecule has 0 saturated carbocycles. The number of rotatable bonds is 2. The van der Waals surface area contributed by atoms with Gasteiger partial charge in [-0.05, 0) is 13.8 Å². The van der Waals surface area contributed by atoms with Crippen molar-refractivity contribution in [1.82, 2.24) is 15.2 Å². The third-order valence-corrected chi connectivity index (χ3v) is 2.58. The van der Waals surface area contributed by atoms with E-state index < -0.39 is 11.5 Å². The van der Waals surface area contributed by atoms with Crippen LogP contribution >= 0.6 is 0 Å². The number of aromatic hydroxyl groups is 1. The number of hydrogen-bond donors (Lipinski definition) is 4. The van der Waals surface area contributed by atoms with Crippen molar-refractivity contribution >= 4 is 11.7 Å². The first-order chi connectivity index (χ1) is 8.47. The molecule has 0 aromatic carbocycles. The fraction of sp³-hybridized carbons (Fsp3) is 0.182. The predicted molar refractivity (Wildman–Crippen MR) is 64.7 cm³/mol. The summed E-state index contributed by atoms with van der Waals surface area (Å²) in [6.07, 6.45) is 0. The number of anilines is 1. The number of aromatic amines is 2. The first kappa shape index (κ1) is 11.9. The molecule has 2 aromatic rings. The van der Waals surface area contributed by atoms with E-state index in [0.29, 0.717) is 5.82 Å². The van der Waals surface area contributed by atoms with Crippen LogP contribution in [0.4, 0.5) is 5.82 Å². The number of aromatic nitrogens is 3. The molecule has 7 heteroatoms. The summed E-state index contributed by atoms with van der Waals surface area (Å²) in [5.74, 6) is -0.467. The molecule has 0 aliphatic heterocycles. The molecule has 1 amide bonds. The van der Waals surface area contributed by atoms with Crippen molar-refractivity contribution in [2.24, 2.45) is 0 Å². The lowest BCUT2D eigenvalue weighted by molar-refractivity contribution is 0.102. The molecule has 2 heterocycles. The molecular weight excluding hydrogens is 236 g/mol. The molecule has 0 spiro atoms. The Balaban J connectivity index is 2.27. The zero-order valence-electron chi connectivity index (χ0n) is 9.87. The summed E-state index contributed by atoms with van der Waals surface area (Å²) in [5.41, 5.74) is 1.18. The van der Waals surface area contributed by atoms with E-state index in [4.69, 9.17) is 0 Å². The second kappa shape index (κ2) is 4.36. The average Bonchev–Trinajstić information content (AvgIpc) is 2.59. The quantitative estimate of drug-likeness (QED) is 0.626. The van der Waals surface area contributed by atoms with Gasteiger partial charge in [0.1, 0.15) is 0 Å². The Morgan fingerprint density at radius 2 is 2.11 bits per heavy atom. The lowest BCUT2D eigenvalue weighted by Gasteiger charge is -2.03. The van der Waals surface area contributed by atoms with Crippen LogP contribution in [0.3, 0.4) is 0 Å². The molecule has 0 saturated heterocycles. The Morgan fingerprint density at radius 3 is 2.67 bits per heavy atom. The Hall–Kier alpha value is -2.57. The summed E-state index contributed by atoms with van der Waals surface area (Å²) in [6.45, 7) is 3.64. The van der Waals surface area contributed by atoms with Gasteiger partial charge in [-0.15, -0.1) is 0 Å². The fourth-order valence-electron chi connectivity index (χ4n) is 1.45. The molecule has 0 aliphatic rings. The lowest BCUT2D eigenvalue weighted by Crippen LogP contribution is -2.16. The van der Waals surface area contributed by atoms with E-state index in [2.05, 4.69) is 20.5 Å². The van der Waals surface area contributed by atoms with Crippen LogP contribution in [0.15, 0.2) is 16.9 Å². The van der Waals surface area contributed by atoms with Crippen LogP contribution < -0.4 is 10.9 Å². The molecule has 7 nitrogen and oxygen atoms in total. The highest BCUT2D eigenvalue weighted by atomic mass is 16.3. The van der Waals surface area contributed by atoms with Crippen LogP contribution in [0.1, 0.15) is 21.6 Å². The second-order valence-corrected chi connectivity index (χ2v) is 3.89. The van der Waals surface area contributed by atoms with Crippen molar-refractivity contribution in [3.63, 3.8) is 0 Å². The van der Waals surface area contributed by atoms with Gasteiger partial charge in [-0.2, -0.15) is 5.10 Å². The molecule has 0 aliphatic carbocycles. The van der Waals surface area contributed by atoms with E-state index in [0.717, 1.165) is 17.3 Å². The standard InChI is InChI=1S/C11H12N4O3/c1-5-6(2)14-15-10(5)13-11(18)7-3-8(16)12-9(17)4-7/h3-4H,1-2H3,(H2,12,16,17)(H2,13,14,15,18). The van der Waals surface area contributed by atoms with Crippen molar-refractivity contribution in [2.45, 2.75) is 13.8 Å². The number of pyridine rings is 1. The highest BCUT2D eigenvalue weighted by Crippen LogP contribution is 2.15. The summed E-state index contributed by atoms with van der Waals surface area (Å²) < 4.78 is 0. The minimum absolute atomic E-state index is 0.0660. The molecule has 2 aromatic heterocycles. The van der Waals surface area contributed by atoms with Gasteiger partial charge in [0.15, 0.2) is 11.7 Å². The minimum atomic E-state index is -0.546. The molecular formula is C11H12N4O3. The van der Waals surface area contributed by atoms with Gasteiger partial charge < -0.3 is 10.4 Å². The minimum Gasteiger partial charge on any atom is -0.494 e. The molecule has 0 fully saturated rings. The Labute approximate surface area is 102 Å². The topological polar surface area (TPSA) is 111 Å². The number of aryl methyl sites for hydroxylation is 1. The van der Waals surface area contributed by atoms with E-state index in [1.807, 2.05) is 13.8 Å². The van der Waals surface area contributed by atoms with Crippen LogP contribution in [-0.2, 0) is 0 Å². The molecule has 0 atom stereocenters. The van der Waals surface area contributed by atoms with Gasteiger partial charge in [-0.25, -0.2) is 0 Å². The first-order valence-corrected chi connectivity index (χ1v) is 5.23. The maximum absolute atomic E-state index is 11.9. The zero-order chi connectivity index (χ0) is 13.3. The van der Waals surface area contributed by atoms with Crippen LogP contribution in [0.25, 0.3) is 0 Å². The van der Waals surface area contributed by atoms with Crippen molar-refractivity contribution in [3.8, 4) is 5.88 Å². The summed E-state index contributed by atoms with van der Waals surface area (Å²) in [6, 6.07) is 2.27. The van der Waals surface area contributed by atoms with Gasteiger partial charge in [-0.1, -0.05) is 0 Å². The predicted octanol–water partition coefficient (Wildman–Crippen LogP) is 0.673. The number of nitrogens with zero attached hydrogens (tertiary/aromatic N) is 1. The number of amides is 1. The molecule has 2 rings (SSSR count). The first-order valence-electron chi connectivity index (χ1n) is 5.23. The number of H-pyrrole nitrogens is 2. The van der Waals surface area contributed by atoms with Crippen LogP contribution in [0, 0.1) is 13.8 Å². The van der Waals surface area contributed by atoms with E-state index >= 15 is 0 Å². The maximum Gasteiger partial charge on any atom is 0.257 e. The zero-order valence-corrected chi connectivity index (χ0v) is 9.87. The lowest BCUT2D eigenvalue weighted by atomic mass is 10.2. The average molecular weight is 248 g/mol. The molecule has 4 N–H and O–H groups in total. The maximum atomic E-state index is 11.9. The van der Waals surface area contributed by atoms with Gasteiger partial charge in [0, 0.05) is 23.4 Å². The van der Waals surface area contributed by atoms with Crippen molar-refractivity contribution < 1.29 is 9.90 Å². The van der Waals surface area contributed by atoms with Crippen LogP contribution in [0.2, 0.25) is 0 Å². The normalized spacial score (nSPS) is 10.3. The number of carbonyl (C=O) groups is 1. The van der Waals surface area contributed by atoms with E-state index in [1.165, 1.54) is 6.07 Å². The summed E-state index contributed by atoms with van der Waals surface area (Å²) in [7, 11) is 0. The van der Waals surface area contributed by atoms with Gasteiger partial charge in [0.05, 0.1) is 5.56 Å². The van der Waals surface area contributed by atoms with Gasteiger partial charge in [0.2, 0.25) is 0 Å². The van der Waals surface area contributed by atoms with Crippen molar-refractivity contribution in [2.75, 3.05) is 5.32 Å². The summed E-state index contributed by atoms with van der Waals surface area (Å²) >= 11 is 0. The third-order valence-electron chi connectivity index (χ3n) is 2.58. The molecule has 94 valence electrons. The van der Waals surface area contributed by atoms with Gasteiger partial charge >= 0.3 is 0 Å². The Bertz CT molecular complexity index is 657. The van der Waals surface area contributed by atoms with Crippen molar-refractivity contribution in [3.05, 3.63) is 39.3 Å². The molecule has 18 heavy (non-hydrogen) atoms. The molecule has 0 radical (unpaired) electrons. The Kier molecular flexibility index (Phi) is 2.88. The smallest absolute Gasteiger partial charge is 0.257 e. The third kappa shape index (κ3) is 2.24.